The number of aromatic nitrogens is 1. The zero-order valence-corrected chi connectivity index (χ0v) is 12.9. The first kappa shape index (κ1) is 17.6. The van der Waals surface area contributed by atoms with Crippen molar-refractivity contribution in [1.29, 1.82) is 5.26 Å². The monoisotopic (exact) mass is 344 g/mol. The highest BCUT2D eigenvalue weighted by molar-refractivity contribution is 7.99. The number of rotatable bonds is 6. The number of nitrogens with two attached hydrogens (primary N) is 1. The van der Waals surface area contributed by atoms with E-state index in [9.17, 15) is 18.0 Å². The summed E-state index contributed by atoms with van der Waals surface area (Å²) in [7, 11) is 0. The third-order valence-corrected chi connectivity index (χ3v) is 4.33. The van der Waals surface area contributed by atoms with Crippen molar-refractivity contribution in [3.8, 4) is 6.07 Å². The molecule has 1 aliphatic carbocycles. The van der Waals surface area contributed by atoms with Crippen LogP contribution in [0.15, 0.2) is 18.2 Å². The van der Waals surface area contributed by atoms with Gasteiger partial charge in [-0.3, -0.25) is 4.79 Å². The van der Waals surface area contributed by atoms with Crippen LogP contribution in [0.25, 0.3) is 0 Å². The number of amides is 1. The number of alkyl halides is 3. The van der Waals surface area contributed by atoms with Gasteiger partial charge in [0.1, 0.15) is 11.2 Å². The number of halogens is 3. The van der Waals surface area contributed by atoms with Crippen LogP contribution in [0, 0.1) is 11.3 Å². The minimum Gasteiger partial charge on any atom is -0.338 e. The quantitative estimate of drug-likeness (QED) is 0.772. The topological polar surface area (TPSA) is 91.8 Å². The van der Waals surface area contributed by atoms with Gasteiger partial charge in [-0.15, -0.1) is 11.8 Å². The van der Waals surface area contributed by atoms with Crippen molar-refractivity contribution >= 4 is 17.7 Å². The molecule has 23 heavy (non-hydrogen) atoms. The predicted molar refractivity (Wildman–Crippen MR) is 78.8 cm³/mol. The van der Waals surface area contributed by atoms with Gasteiger partial charge >= 0.3 is 6.18 Å². The van der Waals surface area contributed by atoms with Crippen LogP contribution in [0.2, 0.25) is 0 Å². The van der Waals surface area contributed by atoms with Crippen LogP contribution in [0.1, 0.15) is 30.7 Å². The Bertz CT molecular complexity index is 625. The Labute approximate surface area is 135 Å². The number of nitrogens with one attached hydrogen (secondary N) is 1. The first-order chi connectivity index (χ1) is 10.7. The maximum atomic E-state index is 12.6. The molecule has 1 atom stereocenters. The molecule has 124 valence electrons. The van der Waals surface area contributed by atoms with Crippen molar-refractivity contribution in [2.24, 2.45) is 5.73 Å². The minimum absolute atomic E-state index is 0.00689. The molecule has 1 fully saturated rings. The van der Waals surface area contributed by atoms with E-state index in [2.05, 4.69) is 10.3 Å². The molecule has 1 heterocycles. The second-order valence-corrected chi connectivity index (χ2v) is 6.54. The lowest BCUT2D eigenvalue weighted by atomic mass is 10.3. The summed E-state index contributed by atoms with van der Waals surface area (Å²) < 4.78 is 37.7. The van der Waals surface area contributed by atoms with Crippen LogP contribution in [-0.2, 0) is 16.7 Å². The summed E-state index contributed by atoms with van der Waals surface area (Å²) >= 11 is 1.14. The summed E-state index contributed by atoms with van der Waals surface area (Å²) in [6.45, 7) is 0. The molecule has 0 radical (unpaired) electrons. The van der Waals surface area contributed by atoms with E-state index in [4.69, 9.17) is 11.0 Å². The highest BCUT2D eigenvalue weighted by Gasteiger charge is 2.44. The van der Waals surface area contributed by atoms with E-state index < -0.39 is 22.8 Å². The maximum absolute atomic E-state index is 12.6. The normalized spacial score (nSPS) is 17.2. The summed E-state index contributed by atoms with van der Waals surface area (Å²) in [5, 5.41) is 10.9. The predicted octanol–water partition coefficient (Wildman–Crippen LogP) is 2.18. The molecule has 1 saturated carbocycles. The molecule has 1 aliphatic rings. The number of carbonyl (C=O) groups is 1. The molecule has 0 aromatic carbocycles. The van der Waals surface area contributed by atoms with Crippen molar-refractivity contribution in [3.63, 3.8) is 0 Å². The van der Waals surface area contributed by atoms with Gasteiger partial charge in [0.2, 0.25) is 5.91 Å². The molecule has 3 N–H and O–H groups in total. The number of carbonyl (C=O) groups excluding carboxylic acids is 1. The zero-order chi connectivity index (χ0) is 17.1. The minimum atomic E-state index is -4.49. The van der Waals surface area contributed by atoms with Gasteiger partial charge in [0, 0.05) is 5.75 Å². The Hall–Kier alpha value is -1.79. The van der Waals surface area contributed by atoms with Crippen molar-refractivity contribution in [1.82, 2.24) is 10.3 Å². The average molecular weight is 344 g/mol. The molecule has 1 unspecified atom stereocenters. The van der Waals surface area contributed by atoms with E-state index in [1.807, 2.05) is 6.07 Å². The largest absolute Gasteiger partial charge is 0.433 e. The summed E-state index contributed by atoms with van der Waals surface area (Å²) in [5.74, 6) is -0.164. The van der Waals surface area contributed by atoms with E-state index in [1.54, 1.807) is 0 Å². The summed E-state index contributed by atoms with van der Waals surface area (Å²) in [6.07, 6.45) is -3.23. The number of nitrogens with zero attached hydrogens (tertiary/aromatic N) is 2. The summed E-state index contributed by atoms with van der Waals surface area (Å²) in [6, 6.07) is 5.70. The molecular weight excluding hydrogens is 329 g/mol. The second kappa shape index (κ2) is 6.76. The van der Waals surface area contributed by atoms with Crippen LogP contribution in [0.4, 0.5) is 13.2 Å². The number of nitriles is 1. The molecule has 2 rings (SSSR count). The van der Waals surface area contributed by atoms with Crippen LogP contribution in [-0.4, -0.2) is 21.8 Å². The highest BCUT2D eigenvalue weighted by Crippen LogP contribution is 2.34. The van der Waals surface area contributed by atoms with Crippen LogP contribution >= 0.6 is 11.8 Å². The van der Waals surface area contributed by atoms with Gasteiger partial charge in [-0.2, -0.15) is 18.4 Å². The number of hydrogen-bond acceptors (Lipinski definition) is 5. The number of pyridine rings is 1. The zero-order valence-electron chi connectivity index (χ0n) is 12.1. The SMILES string of the molecule is N#CC1(NC(=O)CC(N)SCc2cccc(C(F)(F)F)n2)CC1. The Morgan fingerprint density at radius 1 is 1.52 bits per heavy atom. The fraction of sp³-hybridized carbons (Fsp3) is 0.500. The lowest BCUT2D eigenvalue weighted by Crippen LogP contribution is -2.38. The van der Waals surface area contributed by atoms with E-state index in [0.717, 1.165) is 17.8 Å². The molecule has 1 aromatic heterocycles. The van der Waals surface area contributed by atoms with Crippen LogP contribution in [0.3, 0.4) is 0 Å². The van der Waals surface area contributed by atoms with Gasteiger partial charge in [-0.25, -0.2) is 4.98 Å². The Balaban J connectivity index is 1.81. The fourth-order valence-corrected chi connectivity index (χ4v) is 2.67. The fourth-order valence-electron chi connectivity index (χ4n) is 1.86. The average Bonchev–Trinajstić information content (AvgIpc) is 3.24. The van der Waals surface area contributed by atoms with Crippen molar-refractivity contribution in [2.75, 3.05) is 0 Å². The summed E-state index contributed by atoms with van der Waals surface area (Å²) in [5.41, 5.74) is 4.34. The van der Waals surface area contributed by atoms with Crippen molar-refractivity contribution < 1.29 is 18.0 Å². The lowest BCUT2D eigenvalue weighted by Gasteiger charge is -2.14. The van der Waals surface area contributed by atoms with E-state index in [0.29, 0.717) is 12.8 Å². The third kappa shape index (κ3) is 5.11. The van der Waals surface area contributed by atoms with Crippen LogP contribution in [0.5, 0.6) is 0 Å². The van der Waals surface area contributed by atoms with Gasteiger partial charge in [-0.05, 0) is 25.0 Å². The Morgan fingerprint density at radius 2 is 2.22 bits per heavy atom. The molecule has 0 aliphatic heterocycles. The first-order valence-electron chi connectivity index (χ1n) is 6.87. The molecular formula is C14H15F3N4OS. The smallest absolute Gasteiger partial charge is 0.338 e. The molecule has 0 bridgehead atoms. The molecule has 0 spiro atoms. The Morgan fingerprint density at radius 3 is 2.78 bits per heavy atom. The van der Waals surface area contributed by atoms with Crippen LogP contribution < -0.4 is 11.1 Å². The van der Waals surface area contributed by atoms with Gasteiger partial charge in [0.25, 0.3) is 0 Å². The first-order valence-corrected chi connectivity index (χ1v) is 7.91. The van der Waals surface area contributed by atoms with Gasteiger partial charge < -0.3 is 11.1 Å². The van der Waals surface area contributed by atoms with Gasteiger partial charge in [-0.1, -0.05) is 6.07 Å². The molecule has 1 amide bonds. The van der Waals surface area contributed by atoms with Crippen molar-refractivity contribution in [3.05, 3.63) is 29.6 Å². The van der Waals surface area contributed by atoms with E-state index in [1.165, 1.54) is 12.1 Å². The Kier molecular flexibility index (Phi) is 5.16. The molecule has 0 saturated heterocycles. The number of hydrogen-bond donors (Lipinski definition) is 2. The second-order valence-electron chi connectivity index (χ2n) is 5.31. The van der Waals surface area contributed by atoms with E-state index in [-0.39, 0.29) is 23.8 Å². The van der Waals surface area contributed by atoms with Gasteiger partial charge in [0.15, 0.2) is 0 Å². The third-order valence-electron chi connectivity index (χ3n) is 3.27. The molecule has 5 nitrogen and oxygen atoms in total. The summed E-state index contributed by atoms with van der Waals surface area (Å²) in [4.78, 5) is 15.3. The molecule has 9 heteroatoms. The van der Waals surface area contributed by atoms with Crippen molar-refractivity contribution in [2.45, 2.75) is 42.1 Å². The molecule has 1 aromatic rings. The van der Waals surface area contributed by atoms with E-state index >= 15 is 0 Å². The highest BCUT2D eigenvalue weighted by atomic mass is 32.2. The maximum Gasteiger partial charge on any atom is 0.433 e. The van der Waals surface area contributed by atoms with Gasteiger partial charge in [0.05, 0.1) is 23.6 Å². The number of thioether (sulfide) groups is 1. The standard InChI is InChI=1S/C14H15F3N4OS/c15-14(16,17)10-3-1-2-9(20-10)7-23-11(19)6-12(22)21-13(8-18)4-5-13/h1-3,11H,4-7,19H2,(H,21,22). The lowest BCUT2D eigenvalue weighted by molar-refractivity contribution is -0.141.